The van der Waals surface area contributed by atoms with Crippen LogP contribution in [0.25, 0.3) is 0 Å². The molecule has 12 nitrogen and oxygen atoms in total. The molecule has 0 bridgehead atoms. The number of morpholine rings is 1. The van der Waals surface area contributed by atoms with Gasteiger partial charge in [-0.25, -0.2) is 20.0 Å². The number of rotatable bonds is 8. The van der Waals surface area contributed by atoms with Crippen LogP contribution in [0.5, 0.6) is 0 Å². The number of amides is 4. The Bertz CT molecular complexity index is 1190. The molecule has 1 saturated heterocycles. The third-order valence-electron chi connectivity index (χ3n) is 5.33. The van der Waals surface area contributed by atoms with Gasteiger partial charge in [-0.05, 0) is 31.9 Å². The number of ether oxygens (including phenoxy) is 3. The van der Waals surface area contributed by atoms with Crippen molar-refractivity contribution >= 4 is 29.8 Å². The highest BCUT2D eigenvalue weighted by Crippen LogP contribution is 2.12. The predicted octanol–water partition coefficient (Wildman–Crippen LogP) is 2.40. The van der Waals surface area contributed by atoms with E-state index in [1.165, 1.54) is 0 Å². The molecule has 4 amide bonds. The Morgan fingerprint density at radius 1 is 1.08 bits per heavy atom. The zero-order chi connectivity index (χ0) is 28.4. The molecule has 0 aromatic heterocycles. The second kappa shape index (κ2) is 13.4. The van der Waals surface area contributed by atoms with Crippen LogP contribution in [-0.2, 0) is 37.0 Å². The SMILES string of the molecule is CC(C)(C)OC(=O)NN1CCO[C@H](CC(=O)NCc2ccc(/C(N)=N/C(=O)OCc3ccccc3)cc2)C1=O. The summed E-state index contributed by atoms with van der Waals surface area (Å²) in [5, 5.41) is 3.82. The molecule has 0 saturated carbocycles. The lowest BCUT2D eigenvalue weighted by Gasteiger charge is -2.32. The van der Waals surface area contributed by atoms with E-state index >= 15 is 0 Å². The molecule has 2 aromatic rings. The zero-order valence-corrected chi connectivity index (χ0v) is 22.1. The van der Waals surface area contributed by atoms with E-state index in [1.807, 2.05) is 30.3 Å². The molecule has 0 spiro atoms. The van der Waals surface area contributed by atoms with Crippen LogP contribution < -0.4 is 16.5 Å². The number of hydrogen-bond acceptors (Lipinski definition) is 7. The molecule has 39 heavy (non-hydrogen) atoms. The van der Waals surface area contributed by atoms with Gasteiger partial charge in [0.2, 0.25) is 5.91 Å². The molecular formula is C27H33N5O7. The van der Waals surface area contributed by atoms with Crippen molar-refractivity contribution in [2.75, 3.05) is 13.2 Å². The Labute approximate surface area is 226 Å². The molecule has 1 fully saturated rings. The highest BCUT2D eigenvalue weighted by molar-refractivity contribution is 6.02. The van der Waals surface area contributed by atoms with Crippen molar-refractivity contribution in [3.05, 3.63) is 71.3 Å². The molecule has 4 N–H and O–H groups in total. The summed E-state index contributed by atoms with van der Waals surface area (Å²) >= 11 is 0. The maximum absolute atomic E-state index is 12.6. The van der Waals surface area contributed by atoms with E-state index < -0.39 is 35.7 Å². The van der Waals surface area contributed by atoms with E-state index in [4.69, 9.17) is 19.9 Å². The fourth-order valence-electron chi connectivity index (χ4n) is 3.46. The first-order valence-corrected chi connectivity index (χ1v) is 12.3. The van der Waals surface area contributed by atoms with Crippen LogP contribution in [0.2, 0.25) is 0 Å². The molecule has 2 aromatic carbocycles. The Hall–Kier alpha value is -4.45. The van der Waals surface area contributed by atoms with Crippen molar-refractivity contribution in [1.82, 2.24) is 15.8 Å². The molecule has 1 aliphatic rings. The molecular weight excluding hydrogens is 506 g/mol. The summed E-state index contributed by atoms with van der Waals surface area (Å²) in [6, 6.07) is 16.0. The van der Waals surface area contributed by atoms with E-state index in [0.29, 0.717) is 5.56 Å². The number of aliphatic imine (C=N–C) groups is 1. The first kappa shape index (κ1) is 29.1. The number of nitrogens with two attached hydrogens (primary N) is 1. The average molecular weight is 540 g/mol. The van der Waals surface area contributed by atoms with Gasteiger partial charge in [0.1, 0.15) is 24.1 Å². The minimum absolute atomic E-state index is 0.00107. The van der Waals surface area contributed by atoms with Crippen molar-refractivity contribution in [2.45, 2.75) is 52.0 Å². The normalized spacial score (nSPS) is 15.9. The minimum atomic E-state index is -1.03. The number of hydrazine groups is 1. The lowest BCUT2D eigenvalue weighted by molar-refractivity contribution is -0.159. The quantitative estimate of drug-likeness (QED) is 0.340. The summed E-state index contributed by atoms with van der Waals surface area (Å²) in [4.78, 5) is 52.8. The van der Waals surface area contributed by atoms with Gasteiger partial charge in [-0.2, -0.15) is 4.99 Å². The zero-order valence-electron chi connectivity index (χ0n) is 22.1. The second-order valence-corrected chi connectivity index (χ2v) is 9.68. The average Bonchev–Trinajstić information content (AvgIpc) is 2.88. The molecule has 1 atom stereocenters. The van der Waals surface area contributed by atoms with Crippen molar-refractivity contribution in [2.24, 2.45) is 10.7 Å². The molecule has 1 heterocycles. The van der Waals surface area contributed by atoms with Crippen molar-refractivity contribution in [1.29, 1.82) is 0 Å². The third kappa shape index (κ3) is 9.74. The van der Waals surface area contributed by atoms with Crippen molar-refractivity contribution in [3.8, 4) is 0 Å². The predicted molar refractivity (Wildman–Crippen MR) is 141 cm³/mol. The third-order valence-corrected chi connectivity index (χ3v) is 5.33. The van der Waals surface area contributed by atoms with Gasteiger partial charge in [0, 0.05) is 12.1 Å². The number of benzene rings is 2. The molecule has 0 unspecified atom stereocenters. The number of amidine groups is 1. The van der Waals surface area contributed by atoms with Crippen LogP contribution in [0.3, 0.4) is 0 Å². The van der Waals surface area contributed by atoms with Crippen LogP contribution in [0.1, 0.15) is 43.9 Å². The van der Waals surface area contributed by atoms with Gasteiger partial charge >= 0.3 is 12.2 Å². The number of hydrogen-bond donors (Lipinski definition) is 3. The van der Waals surface area contributed by atoms with Crippen LogP contribution in [0, 0.1) is 0 Å². The Kier molecular flexibility index (Phi) is 9.98. The van der Waals surface area contributed by atoms with Gasteiger partial charge in [-0.15, -0.1) is 0 Å². The Morgan fingerprint density at radius 3 is 2.44 bits per heavy atom. The van der Waals surface area contributed by atoms with Gasteiger partial charge in [0.25, 0.3) is 5.91 Å². The van der Waals surface area contributed by atoms with Crippen LogP contribution in [0.4, 0.5) is 9.59 Å². The van der Waals surface area contributed by atoms with Gasteiger partial charge < -0.3 is 25.3 Å². The van der Waals surface area contributed by atoms with Gasteiger partial charge in [0.15, 0.2) is 0 Å². The lowest BCUT2D eigenvalue weighted by Crippen LogP contribution is -2.57. The van der Waals surface area contributed by atoms with E-state index in [1.54, 1.807) is 45.0 Å². The maximum Gasteiger partial charge on any atom is 0.435 e. The second-order valence-electron chi connectivity index (χ2n) is 9.68. The summed E-state index contributed by atoms with van der Waals surface area (Å²) in [5.41, 5.74) is 9.70. The van der Waals surface area contributed by atoms with Gasteiger partial charge in [0.05, 0.1) is 19.6 Å². The van der Waals surface area contributed by atoms with E-state index in [9.17, 15) is 19.2 Å². The highest BCUT2D eigenvalue weighted by Gasteiger charge is 2.33. The van der Waals surface area contributed by atoms with Gasteiger partial charge in [-0.1, -0.05) is 54.6 Å². The Balaban J connectivity index is 1.44. The topological polar surface area (TPSA) is 162 Å². The Morgan fingerprint density at radius 2 is 1.77 bits per heavy atom. The summed E-state index contributed by atoms with van der Waals surface area (Å²) in [6.07, 6.45) is -2.81. The van der Waals surface area contributed by atoms with Gasteiger partial charge in [-0.3, -0.25) is 9.59 Å². The molecule has 208 valence electrons. The monoisotopic (exact) mass is 539 g/mol. The van der Waals surface area contributed by atoms with E-state index in [2.05, 4.69) is 15.7 Å². The number of nitrogens with one attached hydrogen (secondary N) is 2. The van der Waals surface area contributed by atoms with E-state index in [0.717, 1.165) is 16.1 Å². The smallest absolute Gasteiger partial charge is 0.435 e. The number of nitrogens with zero attached hydrogens (tertiary/aromatic N) is 2. The lowest BCUT2D eigenvalue weighted by atomic mass is 10.1. The summed E-state index contributed by atoms with van der Waals surface area (Å²) in [6.45, 7) is 5.70. The summed E-state index contributed by atoms with van der Waals surface area (Å²) < 4.78 is 15.7. The molecule has 0 aliphatic carbocycles. The highest BCUT2D eigenvalue weighted by atomic mass is 16.6. The minimum Gasteiger partial charge on any atom is -0.443 e. The number of carbonyl (C=O) groups excluding carboxylic acids is 4. The van der Waals surface area contributed by atoms with Crippen molar-refractivity contribution < 1.29 is 33.4 Å². The molecule has 12 heteroatoms. The standard InChI is InChI=1S/C27H33N5O7/c1-27(2,3)39-26(36)31-32-13-14-37-21(24(32)34)15-22(33)29-16-18-9-11-20(12-10-18)23(28)30-25(35)38-17-19-7-5-4-6-8-19/h4-12,21H,13-17H2,1-3H3,(H,29,33)(H,31,36)(H2,28,30,35)/t21-/m1/s1. The van der Waals surface area contributed by atoms with Crippen LogP contribution in [-0.4, -0.2) is 59.7 Å². The molecule has 1 aliphatic heterocycles. The summed E-state index contributed by atoms with van der Waals surface area (Å²) in [7, 11) is 0. The van der Waals surface area contributed by atoms with E-state index in [-0.39, 0.29) is 38.6 Å². The number of carbonyl (C=O) groups is 4. The molecule has 3 rings (SSSR count). The first-order valence-electron chi connectivity index (χ1n) is 12.3. The fraction of sp³-hybridized carbons (Fsp3) is 0.370. The van der Waals surface area contributed by atoms with Crippen LogP contribution in [0.15, 0.2) is 59.6 Å². The van der Waals surface area contributed by atoms with Crippen LogP contribution >= 0.6 is 0 Å². The largest absolute Gasteiger partial charge is 0.443 e. The maximum atomic E-state index is 12.6. The first-order chi connectivity index (χ1) is 18.5. The molecule has 0 radical (unpaired) electrons. The van der Waals surface area contributed by atoms with Crippen molar-refractivity contribution in [3.63, 3.8) is 0 Å². The fourth-order valence-corrected chi connectivity index (χ4v) is 3.46. The summed E-state index contributed by atoms with van der Waals surface area (Å²) in [5.74, 6) is -0.941.